The van der Waals surface area contributed by atoms with Crippen molar-refractivity contribution in [1.29, 1.82) is 0 Å². The van der Waals surface area contributed by atoms with Gasteiger partial charge in [-0.1, -0.05) is 45.2 Å². The molecule has 3 atom stereocenters. The Bertz CT molecular complexity index is 408. The molecule has 3 unspecified atom stereocenters. The minimum absolute atomic E-state index is 0.394. The predicted octanol–water partition coefficient (Wildman–Crippen LogP) is 5.48. The van der Waals surface area contributed by atoms with Crippen molar-refractivity contribution in [2.75, 3.05) is 0 Å². The third-order valence-electron chi connectivity index (χ3n) is 3.95. The Hall–Kier alpha value is 0.280. The van der Waals surface area contributed by atoms with Crippen LogP contribution in [-0.4, -0.2) is 0 Å². The first-order valence-corrected chi connectivity index (χ1v) is 7.41. The standard InChI is InChI=1S/C13H13BrCl2/c14-13(9-4-7-3-8(7)5-9)11-2-1-10(15)6-12(11)16/h1-2,6-9,13H,3-5H2. The van der Waals surface area contributed by atoms with E-state index in [-0.39, 0.29) is 0 Å². The molecule has 2 fully saturated rings. The van der Waals surface area contributed by atoms with Crippen LogP contribution in [0.15, 0.2) is 18.2 Å². The molecule has 2 aliphatic carbocycles. The van der Waals surface area contributed by atoms with Crippen LogP contribution in [0.1, 0.15) is 29.7 Å². The van der Waals surface area contributed by atoms with Gasteiger partial charge in [0, 0.05) is 14.9 Å². The molecule has 0 nitrogen and oxygen atoms in total. The van der Waals surface area contributed by atoms with Crippen molar-refractivity contribution >= 4 is 39.1 Å². The van der Waals surface area contributed by atoms with E-state index >= 15 is 0 Å². The second-order valence-electron chi connectivity index (χ2n) is 5.05. The number of halogens is 3. The molecule has 0 saturated heterocycles. The molecule has 0 aliphatic heterocycles. The highest BCUT2D eigenvalue weighted by Crippen LogP contribution is 2.59. The van der Waals surface area contributed by atoms with Gasteiger partial charge < -0.3 is 0 Å². The van der Waals surface area contributed by atoms with Crippen LogP contribution in [0.4, 0.5) is 0 Å². The van der Waals surface area contributed by atoms with Crippen molar-refractivity contribution in [3.05, 3.63) is 33.8 Å². The molecule has 2 saturated carbocycles. The maximum Gasteiger partial charge on any atom is 0.0464 e. The third kappa shape index (κ3) is 2.02. The van der Waals surface area contributed by atoms with Gasteiger partial charge in [-0.2, -0.15) is 0 Å². The molecule has 0 amide bonds. The highest BCUT2D eigenvalue weighted by atomic mass is 79.9. The Morgan fingerprint density at radius 3 is 2.44 bits per heavy atom. The average molecular weight is 320 g/mol. The summed E-state index contributed by atoms with van der Waals surface area (Å²) >= 11 is 16.0. The van der Waals surface area contributed by atoms with Crippen LogP contribution < -0.4 is 0 Å². The highest BCUT2D eigenvalue weighted by molar-refractivity contribution is 9.09. The van der Waals surface area contributed by atoms with E-state index in [4.69, 9.17) is 23.2 Å². The molecule has 0 spiro atoms. The minimum Gasteiger partial charge on any atom is -0.0843 e. The fourth-order valence-corrected chi connectivity index (χ4v) is 4.47. The number of hydrogen-bond donors (Lipinski definition) is 0. The van der Waals surface area contributed by atoms with E-state index in [1.54, 1.807) is 0 Å². The molecule has 0 aromatic heterocycles. The molecular formula is C13H13BrCl2. The maximum absolute atomic E-state index is 6.24. The smallest absolute Gasteiger partial charge is 0.0464 e. The van der Waals surface area contributed by atoms with Crippen molar-refractivity contribution < 1.29 is 0 Å². The molecular weight excluding hydrogens is 307 g/mol. The summed E-state index contributed by atoms with van der Waals surface area (Å²) in [5, 5.41) is 1.50. The third-order valence-corrected chi connectivity index (χ3v) is 5.76. The van der Waals surface area contributed by atoms with Gasteiger partial charge in [-0.3, -0.25) is 0 Å². The molecule has 1 aromatic carbocycles. The van der Waals surface area contributed by atoms with E-state index in [2.05, 4.69) is 15.9 Å². The topological polar surface area (TPSA) is 0 Å². The first-order chi connectivity index (χ1) is 7.65. The zero-order chi connectivity index (χ0) is 11.3. The molecule has 0 radical (unpaired) electrons. The van der Waals surface area contributed by atoms with Gasteiger partial charge in [0.2, 0.25) is 0 Å². The summed E-state index contributed by atoms with van der Waals surface area (Å²) in [4.78, 5) is 0.394. The number of rotatable bonds is 2. The summed E-state index contributed by atoms with van der Waals surface area (Å²) in [7, 11) is 0. The summed E-state index contributed by atoms with van der Waals surface area (Å²) in [6.45, 7) is 0. The molecule has 1 aromatic rings. The molecule has 0 N–H and O–H groups in total. The molecule has 0 bridgehead atoms. The Kier molecular flexibility index (Phi) is 2.98. The van der Waals surface area contributed by atoms with E-state index in [0.717, 1.165) is 22.8 Å². The average Bonchev–Trinajstić information content (AvgIpc) is 2.85. The van der Waals surface area contributed by atoms with Crippen LogP contribution in [0.5, 0.6) is 0 Å². The Morgan fingerprint density at radius 1 is 1.12 bits per heavy atom. The molecule has 0 heterocycles. The number of hydrogen-bond acceptors (Lipinski definition) is 0. The van der Waals surface area contributed by atoms with E-state index in [1.165, 1.54) is 24.8 Å². The number of fused-ring (bicyclic) bond motifs is 1. The van der Waals surface area contributed by atoms with Gasteiger partial charge in [0.1, 0.15) is 0 Å². The summed E-state index contributed by atoms with van der Waals surface area (Å²) in [6.07, 6.45) is 4.18. The van der Waals surface area contributed by atoms with Crippen molar-refractivity contribution in [2.45, 2.75) is 24.1 Å². The summed E-state index contributed by atoms with van der Waals surface area (Å²) in [5.41, 5.74) is 1.19. The van der Waals surface area contributed by atoms with Gasteiger partial charge >= 0.3 is 0 Å². The van der Waals surface area contributed by atoms with Crippen LogP contribution >= 0.6 is 39.1 Å². The van der Waals surface area contributed by atoms with Gasteiger partial charge in [0.05, 0.1) is 0 Å². The zero-order valence-corrected chi connectivity index (χ0v) is 11.9. The second-order valence-corrected chi connectivity index (χ2v) is 6.89. The fourth-order valence-electron chi connectivity index (χ4n) is 2.98. The number of alkyl halides is 1. The van der Waals surface area contributed by atoms with Crippen molar-refractivity contribution in [3.8, 4) is 0 Å². The quantitative estimate of drug-likeness (QED) is 0.633. The van der Waals surface area contributed by atoms with Gasteiger partial charge in [0.25, 0.3) is 0 Å². The van der Waals surface area contributed by atoms with Crippen molar-refractivity contribution in [1.82, 2.24) is 0 Å². The fraction of sp³-hybridized carbons (Fsp3) is 0.538. The van der Waals surface area contributed by atoms with E-state index in [0.29, 0.717) is 9.85 Å². The van der Waals surface area contributed by atoms with Crippen LogP contribution in [0, 0.1) is 17.8 Å². The van der Waals surface area contributed by atoms with Crippen molar-refractivity contribution in [3.63, 3.8) is 0 Å². The van der Waals surface area contributed by atoms with Gasteiger partial charge in [0.15, 0.2) is 0 Å². The molecule has 16 heavy (non-hydrogen) atoms. The molecule has 86 valence electrons. The first kappa shape index (κ1) is 11.4. The summed E-state index contributed by atoms with van der Waals surface area (Å²) in [5.74, 6) is 2.77. The van der Waals surface area contributed by atoms with Crippen LogP contribution in [0.25, 0.3) is 0 Å². The van der Waals surface area contributed by atoms with Gasteiger partial charge in [-0.05, 0) is 54.7 Å². The van der Waals surface area contributed by atoms with E-state index in [9.17, 15) is 0 Å². The molecule has 3 heteroatoms. The van der Waals surface area contributed by atoms with Gasteiger partial charge in [-0.15, -0.1) is 0 Å². The predicted molar refractivity (Wildman–Crippen MR) is 72.5 cm³/mol. The Morgan fingerprint density at radius 2 is 1.81 bits per heavy atom. The highest BCUT2D eigenvalue weighted by Gasteiger charge is 2.47. The van der Waals surface area contributed by atoms with E-state index < -0.39 is 0 Å². The normalized spacial score (nSPS) is 33.6. The number of benzene rings is 1. The summed E-state index contributed by atoms with van der Waals surface area (Å²) < 4.78 is 0. The van der Waals surface area contributed by atoms with Gasteiger partial charge in [-0.25, -0.2) is 0 Å². The molecule has 2 aliphatic rings. The van der Waals surface area contributed by atoms with Crippen LogP contribution in [-0.2, 0) is 0 Å². The lowest BCUT2D eigenvalue weighted by Crippen LogP contribution is -2.06. The Labute approximate surface area is 114 Å². The SMILES string of the molecule is Clc1ccc(C(Br)C2CC3CC3C2)c(Cl)c1. The molecule has 3 rings (SSSR count). The zero-order valence-electron chi connectivity index (χ0n) is 8.80. The second kappa shape index (κ2) is 4.19. The largest absolute Gasteiger partial charge is 0.0843 e. The van der Waals surface area contributed by atoms with Crippen LogP contribution in [0.2, 0.25) is 10.0 Å². The van der Waals surface area contributed by atoms with Crippen molar-refractivity contribution in [2.24, 2.45) is 17.8 Å². The van der Waals surface area contributed by atoms with E-state index in [1.807, 2.05) is 18.2 Å². The monoisotopic (exact) mass is 318 g/mol. The maximum atomic E-state index is 6.24. The lowest BCUT2D eigenvalue weighted by Gasteiger charge is -2.20. The Balaban J connectivity index is 1.80. The lowest BCUT2D eigenvalue weighted by molar-refractivity contribution is 0.482. The lowest BCUT2D eigenvalue weighted by atomic mass is 9.94. The summed E-state index contributed by atoms with van der Waals surface area (Å²) in [6, 6.07) is 5.81. The van der Waals surface area contributed by atoms with Crippen LogP contribution in [0.3, 0.4) is 0 Å². The minimum atomic E-state index is 0.394. The first-order valence-electron chi connectivity index (χ1n) is 5.74.